The van der Waals surface area contributed by atoms with Crippen LogP contribution in [0.2, 0.25) is 0 Å². The number of hydrogen-bond acceptors (Lipinski definition) is 4. The lowest BCUT2D eigenvalue weighted by molar-refractivity contribution is -0.0645. The van der Waals surface area contributed by atoms with Gasteiger partial charge in [0.05, 0.1) is 16.7 Å². The van der Waals surface area contributed by atoms with E-state index in [1.165, 1.54) is 13.8 Å². The number of nitrogen functional groups attached to an aromatic ring is 1. The van der Waals surface area contributed by atoms with Crippen molar-refractivity contribution in [2.45, 2.75) is 51.2 Å². The molecule has 4 N–H and O–H groups in total. The fourth-order valence-corrected chi connectivity index (χ4v) is 4.58. The molecule has 118 valence electrons. The lowest BCUT2D eigenvalue weighted by Crippen LogP contribution is -2.61. The summed E-state index contributed by atoms with van der Waals surface area (Å²) in [4.78, 5) is 0.0126. The quantitative estimate of drug-likeness (QED) is 0.736. The number of anilines is 1. The average Bonchev–Trinajstić information content (AvgIpc) is 2.35. The van der Waals surface area contributed by atoms with Crippen LogP contribution in [0.25, 0.3) is 0 Å². The van der Waals surface area contributed by atoms with E-state index in [1.54, 1.807) is 13.8 Å². The zero-order valence-electron chi connectivity index (χ0n) is 12.6. The molecular formula is C14H21FN2O3S. The van der Waals surface area contributed by atoms with Crippen LogP contribution in [-0.4, -0.2) is 25.7 Å². The van der Waals surface area contributed by atoms with Crippen molar-refractivity contribution in [1.29, 1.82) is 0 Å². The number of nitrogens with one attached hydrogen (secondary N) is 1. The van der Waals surface area contributed by atoms with Gasteiger partial charge in [0.15, 0.2) is 0 Å². The van der Waals surface area contributed by atoms with E-state index in [-0.39, 0.29) is 22.2 Å². The summed E-state index contributed by atoms with van der Waals surface area (Å²) in [7, 11) is -3.82. The zero-order chi connectivity index (χ0) is 16.2. The van der Waals surface area contributed by atoms with E-state index in [0.717, 1.165) is 6.07 Å². The van der Waals surface area contributed by atoms with Gasteiger partial charge in [0, 0.05) is 11.5 Å². The molecule has 21 heavy (non-hydrogen) atoms. The monoisotopic (exact) mass is 316 g/mol. The Labute approximate surface area is 124 Å². The van der Waals surface area contributed by atoms with Gasteiger partial charge in [-0.05, 0) is 37.5 Å². The Hall–Kier alpha value is -1.18. The van der Waals surface area contributed by atoms with E-state index in [0.29, 0.717) is 12.0 Å². The minimum atomic E-state index is -3.82. The number of halogens is 1. The number of benzene rings is 1. The average molecular weight is 316 g/mol. The molecule has 0 aromatic heterocycles. The summed E-state index contributed by atoms with van der Waals surface area (Å²) in [5.41, 5.74) is 5.42. The first-order valence-electron chi connectivity index (χ1n) is 6.74. The number of nitrogens with two attached hydrogens (primary N) is 1. The highest BCUT2D eigenvalue weighted by Crippen LogP contribution is 2.41. The summed E-state index contributed by atoms with van der Waals surface area (Å²) in [6, 6.07) is 0.764. The molecule has 7 heteroatoms. The molecule has 0 radical (unpaired) electrons. The Balaban J connectivity index is 2.40. The molecule has 1 aromatic carbocycles. The lowest BCUT2D eigenvalue weighted by atomic mass is 9.65. The van der Waals surface area contributed by atoms with Gasteiger partial charge in [-0.25, -0.2) is 17.5 Å². The van der Waals surface area contributed by atoms with Gasteiger partial charge >= 0.3 is 0 Å². The second-order valence-corrected chi connectivity index (χ2v) is 7.94. The third-order valence-corrected chi connectivity index (χ3v) is 6.25. The van der Waals surface area contributed by atoms with Crippen molar-refractivity contribution in [3.05, 3.63) is 23.0 Å². The molecule has 0 aliphatic heterocycles. The summed E-state index contributed by atoms with van der Waals surface area (Å²) in [5.74, 6) is -0.622. The van der Waals surface area contributed by atoms with Crippen molar-refractivity contribution in [2.75, 3.05) is 5.73 Å². The molecule has 0 bridgehead atoms. The number of aryl methyl sites for hydroxylation is 1. The molecule has 2 rings (SSSR count). The van der Waals surface area contributed by atoms with Crippen molar-refractivity contribution in [1.82, 2.24) is 4.72 Å². The van der Waals surface area contributed by atoms with Gasteiger partial charge in [0.2, 0.25) is 10.0 Å². The van der Waals surface area contributed by atoms with E-state index >= 15 is 0 Å². The van der Waals surface area contributed by atoms with E-state index in [2.05, 4.69) is 4.72 Å². The van der Waals surface area contributed by atoms with Gasteiger partial charge in [0.25, 0.3) is 0 Å². The summed E-state index contributed by atoms with van der Waals surface area (Å²) in [6.45, 7) is 6.62. The number of sulfonamides is 1. The summed E-state index contributed by atoms with van der Waals surface area (Å²) in [6.07, 6.45) is -0.174. The van der Waals surface area contributed by atoms with E-state index < -0.39 is 27.4 Å². The van der Waals surface area contributed by atoms with Crippen LogP contribution in [0.3, 0.4) is 0 Å². The van der Waals surface area contributed by atoms with Crippen molar-refractivity contribution in [2.24, 2.45) is 5.41 Å². The molecule has 1 aliphatic rings. The number of aliphatic hydroxyl groups is 1. The second-order valence-electron chi connectivity index (χ2n) is 6.29. The molecule has 0 saturated heterocycles. The maximum Gasteiger partial charge on any atom is 0.241 e. The van der Waals surface area contributed by atoms with Crippen LogP contribution in [0.5, 0.6) is 0 Å². The molecule has 5 nitrogen and oxygen atoms in total. The molecule has 1 fully saturated rings. The van der Waals surface area contributed by atoms with E-state index in [4.69, 9.17) is 5.73 Å². The number of rotatable bonds is 3. The fraction of sp³-hybridized carbons (Fsp3) is 0.571. The highest BCUT2D eigenvalue weighted by atomic mass is 32.2. The third kappa shape index (κ3) is 2.54. The molecule has 2 unspecified atom stereocenters. The van der Waals surface area contributed by atoms with Crippen LogP contribution >= 0.6 is 0 Å². The van der Waals surface area contributed by atoms with E-state index in [1.807, 2.05) is 0 Å². The van der Waals surface area contributed by atoms with Crippen LogP contribution in [0, 0.1) is 25.1 Å². The lowest BCUT2D eigenvalue weighted by Gasteiger charge is -2.49. The normalized spacial score (nSPS) is 24.7. The van der Waals surface area contributed by atoms with Crippen molar-refractivity contribution in [3.63, 3.8) is 0 Å². The second kappa shape index (κ2) is 4.93. The standard InChI is InChI=1S/C14H21FN2O3S/c1-7-5-9(15)12(16)8(2)13(7)21(19,20)17-10-6-11(18)14(10,3)4/h5,10-11,17-18H,6,16H2,1-4H3. The summed E-state index contributed by atoms with van der Waals surface area (Å²) < 4.78 is 41.3. The topological polar surface area (TPSA) is 92.4 Å². The van der Waals surface area contributed by atoms with Crippen molar-refractivity contribution >= 4 is 15.7 Å². The Morgan fingerprint density at radius 3 is 2.48 bits per heavy atom. The van der Waals surface area contributed by atoms with Gasteiger partial charge in [0.1, 0.15) is 5.82 Å². The van der Waals surface area contributed by atoms with Crippen LogP contribution in [-0.2, 0) is 10.0 Å². The van der Waals surface area contributed by atoms with Gasteiger partial charge in [-0.2, -0.15) is 0 Å². The number of aliphatic hydroxyl groups excluding tert-OH is 1. The highest BCUT2D eigenvalue weighted by Gasteiger charge is 2.49. The summed E-state index contributed by atoms with van der Waals surface area (Å²) >= 11 is 0. The highest BCUT2D eigenvalue weighted by molar-refractivity contribution is 7.89. The molecule has 1 saturated carbocycles. The first-order chi connectivity index (χ1) is 9.48. The van der Waals surface area contributed by atoms with Crippen molar-refractivity contribution < 1.29 is 17.9 Å². The molecule has 0 heterocycles. The molecular weight excluding hydrogens is 295 g/mol. The predicted octanol–water partition coefficient (Wildman–Crippen LogP) is 1.46. The fourth-order valence-electron chi connectivity index (χ4n) is 2.69. The summed E-state index contributed by atoms with van der Waals surface area (Å²) in [5, 5.41) is 9.70. The first kappa shape index (κ1) is 16.2. The first-order valence-corrected chi connectivity index (χ1v) is 8.22. The van der Waals surface area contributed by atoms with Crippen LogP contribution in [0.4, 0.5) is 10.1 Å². The Morgan fingerprint density at radius 1 is 1.43 bits per heavy atom. The Bertz CT molecular complexity index is 686. The molecule has 2 atom stereocenters. The smallest absolute Gasteiger partial charge is 0.241 e. The molecule has 1 aromatic rings. The molecule has 1 aliphatic carbocycles. The molecule has 0 spiro atoms. The Morgan fingerprint density at radius 2 is 2.00 bits per heavy atom. The largest absolute Gasteiger partial charge is 0.396 e. The van der Waals surface area contributed by atoms with Gasteiger partial charge in [-0.3, -0.25) is 0 Å². The maximum atomic E-state index is 13.5. The SMILES string of the molecule is Cc1cc(F)c(N)c(C)c1S(=O)(=O)NC1CC(O)C1(C)C. The zero-order valence-corrected chi connectivity index (χ0v) is 13.4. The third-order valence-electron chi connectivity index (χ3n) is 4.49. The van der Waals surface area contributed by atoms with E-state index in [9.17, 15) is 17.9 Å². The van der Waals surface area contributed by atoms with Crippen LogP contribution in [0.15, 0.2) is 11.0 Å². The van der Waals surface area contributed by atoms with Gasteiger partial charge < -0.3 is 10.8 Å². The molecule has 0 amide bonds. The minimum absolute atomic E-state index is 0.0126. The van der Waals surface area contributed by atoms with Crippen LogP contribution in [0.1, 0.15) is 31.4 Å². The maximum absolute atomic E-state index is 13.5. The Kier molecular flexibility index (Phi) is 3.80. The predicted molar refractivity (Wildman–Crippen MR) is 78.8 cm³/mol. The number of hydrogen-bond donors (Lipinski definition) is 3. The minimum Gasteiger partial charge on any atom is -0.396 e. The van der Waals surface area contributed by atoms with Crippen molar-refractivity contribution in [3.8, 4) is 0 Å². The van der Waals surface area contributed by atoms with Gasteiger partial charge in [-0.15, -0.1) is 0 Å². The van der Waals surface area contributed by atoms with Crippen LogP contribution < -0.4 is 10.5 Å². The van der Waals surface area contributed by atoms with Gasteiger partial charge in [-0.1, -0.05) is 13.8 Å².